The Hall–Kier alpha value is -4.27. The first-order valence-corrected chi connectivity index (χ1v) is 9.44. The van der Waals surface area contributed by atoms with E-state index in [-0.39, 0.29) is 46.3 Å². The summed E-state index contributed by atoms with van der Waals surface area (Å²) in [4.78, 5) is 55.7. The predicted molar refractivity (Wildman–Crippen MR) is 122 cm³/mol. The molecule has 1 unspecified atom stereocenters. The van der Waals surface area contributed by atoms with Gasteiger partial charge in [0.1, 0.15) is 11.7 Å². The van der Waals surface area contributed by atoms with E-state index in [9.17, 15) is 19.2 Å². The van der Waals surface area contributed by atoms with E-state index in [0.29, 0.717) is 23.9 Å². The largest absolute Gasteiger partial charge is 0.481 e. The van der Waals surface area contributed by atoms with Gasteiger partial charge in [-0.15, -0.1) is 0 Å². The summed E-state index contributed by atoms with van der Waals surface area (Å²) >= 11 is 0. The summed E-state index contributed by atoms with van der Waals surface area (Å²) in [6.07, 6.45) is 2.27. The molecule has 2 aromatic heterocycles. The maximum absolute atomic E-state index is 12.3. The van der Waals surface area contributed by atoms with Crippen LogP contribution in [0.5, 0.6) is 0 Å². The maximum Gasteiger partial charge on any atom is 0.326 e. The van der Waals surface area contributed by atoms with Gasteiger partial charge in [0.25, 0.3) is 11.5 Å². The number of carboxylic acids is 2. The zero-order valence-corrected chi connectivity index (χ0v) is 17.8. The molecule has 0 aliphatic rings. The molecule has 0 fully saturated rings. The van der Waals surface area contributed by atoms with Crippen LogP contribution in [0.3, 0.4) is 0 Å². The number of carbonyl (C=O) groups excluding carboxylic acids is 1. The van der Waals surface area contributed by atoms with Gasteiger partial charge in [-0.2, -0.15) is 4.98 Å². The van der Waals surface area contributed by atoms with Gasteiger partial charge in [-0.3, -0.25) is 19.4 Å². The molecule has 0 radical (unpaired) electrons. The highest BCUT2D eigenvalue weighted by atomic mass is 16.4. The van der Waals surface area contributed by atoms with Crippen LogP contribution in [0.4, 0.5) is 5.95 Å². The summed E-state index contributed by atoms with van der Waals surface area (Å²) in [5, 5.41) is 20.6. The zero-order chi connectivity index (χ0) is 22.5. The van der Waals surface area contributed by atoms with Crippen LogP contribution in [0.2, 0.25) is 0 Å². The molecule has 0 aliphatic heterocycles. The Balaban J connectivity index is 0.00000363. The molecule has 14 nitrogen and oxygen atoms in total. The van der Waals surface area contributed by atoms with Gasteiger partial charge in [0.2, 0.25) is 5.95 Å². The van der Waals surface area contributed by atoms with Crippen LogP contribution in [0.25, 0.3) is 11.0 Å². The maximum atomic E-state index is 12.3. The van der Waals surface area contributed by atoms with Gasteiger partial charge >= 0.3 is 11.9 Å². The normalized spacial score (nSPS) is 10.8. The molecule has 1 atom stereocenters. The average Bonchev–Trinajstić information content (AvgIpc) is 3.12. The number of hydrogen-bond donors (Lipinski definition) is 6. The lowest BCUT2D eigenvalue weighted by atomic mass is 10.0. The SMILES string of the molecule is Nc1nc2[nH]cc(CCc3ccc(C(=O)NC(CCC(=O)O)C(=O)O)cc3)c2c(=O)[nH]1.O.O.O. The van der Waals surface area contributed by atoms with Crippen molar-refractivity contribution in [1.82, 2.24) is 20.3 Å². The molecular weight excluding hydrogens is 454 g/mol. The molecule has 34 heavy (non-hydrogen) atoms. The van der Waals surface area contributed by atoms with E-state index in [1.807, 2.05) is 0 Å². The van der Waals surface area contributed by atoms with E-state index >= 15 is 0 Å². The molecule has 0 bridgehead atoms. The molecule has 3 rings (SSSR count). The zero-order valence-electron chi connectivity index (χ0n) is 17.8. The number of hydrogen-bond acceptors (Lipinski definition) is 6. The fourth-order valence-corrected chi connectivity index (χ4v) is 3.19. The lowest BCUT2D eigenvalue weighted by Crippen LogP contribution is -2.41. The Labute approximate surface area is 191 Å². The Bertz CT molecular complexity index is 1190. The van der Waals surface area contributed by atoms with Gasteiger partial charge in [0, 0.05) is 18.2 Å². The summed E-state index contributed by atoms with van der Waals surface area (Å²) in [6.45, 7) is 0. The highest BCUT2D eigenvalue weighted by Gasteiger charge is 2.21. The number of nitrogens with two attached hydrogens (primary N) is 1. The summed E-state index contributed by atoms with van der Waals surface area (Å²) < 4.78 is 0. The Morgan fingerprint density at radius 2 is 1.71 bits per heavy atom. The molecule has 3 aromatic rings. The number of anilines is 1. The number of aliphatic carboxylic acids is 2. The number of carbonyl (C=O) groups is 3. The van der Waals surface area contributed by atoms with Crippen molar-refractivity contribution in [2.24, 2.45) is 0 Å². The Kier molecular flexibility index (Phi) is 11.1. The van der Waals surface area contributed by atoms with Gasteiger partial charge < -0.3 is 42.7 Å². The van der Waals surface area contributed by atoms with Crippen molar-refractivity contribution in [1.29, 1.82) is 0 Å². The van der Waals surface area contributed by atoms with E-state index in [1.165, 1.54) is 0 Å². The topological polar surface area (TPSA) is 286 Å². The minimum Gasteiger partial charge on any atom is -0.481 e. The number of nitrogens with one attached hydrogen (secondary N) is 3. The van der Waals surface area contributed by atoms with Crippen LogP contribution in [-0.2, 0) is 22.4 Å². The monoisotopic (exact) mass is 481 g/mol. The molecule has 0 saturated heterocycles. The molecule has 0 saturated carbocycles. The fraction of sp³-hybridized carbons (Fsp3) is 0.250. The van der Waals surface area contributed by atoms with Crippen molar-refractivity contribution >= 4 is 34.8 Å². The van der Waals surface area contributed by atoms with Gasteiger partial charge in [0.15, 0.2) is 0 Å². The highest BCUT2D eigenvalue weighted by molar-refractivity contribution is 5.96. The molecule has 14 heteroatoms. The number of nitrogen functional groups attached to an aromatic ring is 1. The van der Waals surface area contributed by atoms with E-state index in [4.69, 9.17) is 15.9 Å². The number of nitrogens with zero attached hydrogens (tertiary/aromatic N) is 1. The van der Waals surface area contributed by atoms with Crippen LogP contribution < -0.4 is 16.6 Å². The predicted octanol–water partition coefficient (Wildman–Crippen LogP) is -1.81. The van der Waals surface area contributed by atoms with Crippen LogP contribution in [0.1, 0.15) is 34.3 Å². The number of benzene rings is 1. The average molecular weight is 481 g/mol. The molecule has 186 valence electrons. The van der Waals surface area contributed by atoms with Crippen molar-refractivity contribution < 1.29 is 41.0 Å². The lowest BCUT2D eigenvalue weighted by Gasteiger charge is -2.13. The van der Waals surface area contributed by atoms with Crippen molar-refractivity contribution in [3.05, 3.63) is 57.5 Å². The number of carboxylic acid groups (broad SMARTS) is 2. The van der Waals surface area contributed by atoms with E-state index in [0.717, 1.165) is 11.1 Å². The van der Waals surface area contributed by atoms with Gasteiger partial charge in [-0.05, 0) is 42.5 Å². The van der Waals surface area contributed by atoms with E-state index in [1.54, 1.807) is 30.5 Å². The van der Waals surface area contributed by atoms with Gasteiger partial charge in [0.05, 0.1) is 5.39 Å². The number of fused-ring (bicyclic) bond motifs is 1. The van der Waals surface area contributed by atoms with Crippen molar-refractivity contribution in [2.75, 3.05) is 5.73 Å². The summed E-state index contributed by atoms with van der Waals surface area (Å²) in [5.41, 5.74) is 7.59. The van der Waals surface area contributed by atoms with Crippen LogP contribution >= 0.6 is 0 Å². The first-order chi connectivity index (χ1) is 14.7. The summed E-state index contributed by atoms with van der Waals surface area (Å²) in [5.74, 6) is -3.00. The second-order valence-corrected chi connectivity index (χ2v) is 6.98. The minimum atomic E-state index is -1.30. The van der Waals surface area contributed by atoms with Crippen LogP contribution in [-0.4, -0.2) is 65.5 Å². The first-order valence-electron chi connectivity index (χ1n) is 9.44. The quantitative estimate of drug-likeness (QED) is 0.202. The minimum absolute atomic E-state index is 0. The molecule has 1 amide bonds. The number of aromatic amines is 2. The third kappa shape index (κ3) is 7.13. The molecular formula is C20H27N5O9. The van der Waals surface area contributed by atoms with Gasteiger partial charge in [-0.1, -0.05) is 12.1 Å². The number of aryl methyl sites for hydroxylation is 2. The summed E-state index contributed by atoms with van der Waals surface area (Å²) in [7, 11) is 0. The molecule has 13 N–H and O–H groups in total. The van der Waals surface area contributed by atoms with Crippen molar-refractivity contribution in [3.63, 3.8) is 0 Å². The molecule has 1 aromatic carbocycles. The van der Waals surface area contributed by atoms with Crippen molar-refractivity contribution in [2.45, 2.75) is 31.7 Å². The standard InChI is InChI=1S/C20H21N5O6.3H2O/c21-20-24-16-15(18(29)25-20)12(9-22-16)6-3-10-1-4-11(5-2-10)17(28)23-13(19(30)31)7-8-14(26)27;;;/h1-2,4-5,9,13H,3,6-8H2,(H,23,28)(H,26,27)(H,30,31)(H4,21,22,24,25,29);3*1H2. The third-order valence-electron chi connectivity index (χ3n) is 4.79. The lowest BCUT2D eigenvalue weighted by molar-refractivity contribution is -0.140. The van der Waals surface area contributed by atoms with E-state index < -0.39 is 23.9 Å². The van der Waals surface area contributed by atoms with Crippen LogP contribution in [0.15, 0.2) is 35.3 Å². The Morgan fingerprint density at radius 3 is 2.29 bits per heavy atom. The summed E-state index contributed by atoms with van der Waals surface area (Å²) in [6, 6.07) is 5.30. The third-order valence-corrected chi connectivity index (χ3v) is 4.79. The Morgan fingerprint density at radius 1 is 1.06 bits per heavy atom. The molecule has 0 aliphatic carbocycles. The van der Waals surface area contributed by atoms with Gasteiger partial charge in [-0.25, -0.2) is 4.79 Å². The smallest absolute Gasteiger partial charge is 0.326 e. The number of rotatable bonds is 9. The second kappa shape index (κ2) is 12.7. The van der Waals surface area contributed by atoms with Crippen LogP contribution in [0, 0.1) is 0 Å². The first kappa shape index (κ1) is 29.7. The number of amides is 1. The second-order valence-electron chi connectivity index (χ2n) is 6.98. The molecule has 0 spiro atoms. The molecule has 2 heterocycles. The van der Waals surface area contributed by atoms with Crippen molar-refractivity contribution in [3.8, 4) is 0 Å². The van der Waals surface area contributed by atoms with E-state index in [2.05, 4.69) is 20.3 Å². The highest BCUT2D eigenvalue weighted by Crippen LogP contribution is 2.16. The fourth-order valence-electron chi connectivity index (χ4n) is 3.19. The number of H-pyrrole nitrogens is 2. The number of aromatic nitrogens is 3.